The topological polar surface area (TPSA) is 102 Å². The first-order chi connectivity index (χ1) is 16.4. The van der Waals surface area contributed by atoms with Gasteiger partial charge in [0.15, 0.2) is 0 Å². The Hall–Kier alpha value is -3.43. The van der Waals surface area contributed by atoms with Crippen LogP contribution in [0.3, 0.4) is 0 Å². The first-order valence-electron chi connectivity index (χ1n) is 10.5. The van der Waals surface area contributed by atoms with E-state index < -0.39 is 23.4 Å². The molecule has 1 heterocycles. The number of benzene rings is 2. The van der Waals surface area contributed by atoms with Gasteiger partial charge in [-0.25, -0.2) is 0 Å². The predicted molar refractivity (Wildman–Crippen MR) is 132 cm³/mol. The van der Waals surface area contributed by atoms with Crippen LogP contribution in [-0.4, -0.2) is 36.9 Å². The molecule has 0 aliphatic carbocycles. The van der Waals surface area contributed by atoms with Gasteiger partial charge in [-0.15, -0.1) is 11.3 Å². The summed E-state index contributed by atoms with van der Waals surface area (Å²) in [6, 6.07) is 16.9. The molecule has 0 saturated heterocycles. The zero-order chi connectivity index (χ0) is 24.5. The Morgan fingerprint density at radius 1 is 1.18 bits per heavy atom. The van der Waals surface area contributed by atoms with E-state index in [2.05, 4.69) is 5.32 Å². The van der Waals surface area contributed by atoms with Crippen molar-refractivity contribution < 1.29 is 19.2 Å². The maximum absolute atomic E-state index is 13.4. The Bertz CT molecular complexity index is 1120. The van der Waals surface area contributed by atoms with Crippen LogP contribution in [-0.2, 0) is 16.0 Å². The second-order valence-electron chi connectivity index (χ2n) is 7.33. The predicted octanol–water partition coefficient (Wildman–Crippen LogP) is 4.51. The lowest BCUT2D eigenvalue weighted by molar-refractivity contribution is -0.478. The number of rotatable bonds is 11. The lowest BCUT2D eigenvalue weighted by Crippen LogP contribution is -2.44. The van der Waals surface area contributed by atoms with E-state index in [1.807, 2.05) is 30.3 Å². The number of nitro groups is 1. The summed E-state index contributed by atoms with van der Waals surface area (Å²) in [6.07, 6.45) is 0.253. The minimum atomic E-state index is -1.01. The highest BCUT2D eigenvalue weighted by Gasteiger charge is 2.34. The van der Waals surface area contributed by atoms with Gasteiger partial charge in [-0.1, -0.05) is 48.0 Å². The lowest BCUT2D eigenvalue weighted by atomic mass is 10.1. The SMILES string of the molecule is COc1ccc(N(C(=O)CC[N+](=O)[O-])C(C(=O)NCCc2ccccc2)c2cccs2)cc1Cl. The number of nitrogens with zero attached hydrogens (tertiary/aromatic N) is 2. The van der Waals surface area contributed by atoms with Gasteiger partial charge < -0.3 is 10.1 Å². The van der Waals surface area contributed by atoms with E-state index in [0.717, 1.165) is 5.56 Å². The summed E-state index contributed by atoms with van der Waals surface area (Å²) in [4.78, 5) is 38.9. The highest BCUT2D eigenvalue weighted by atomic mass is 35.5. The van der Waals surface area contributed by atoms with Crippen LogP contribution < -0.4 is 15.0 Å². The summed E-state index contributed by atoms with van der Waals surface area (Å²) >= 11 is 7.62. The molecule has 0 bridgehead atoms. The number of nitrogens with one attached hydrogen (secondary N) is 1. The number of carbonyl (C=O) groups excluding carboxylic acids is 2. The van der Waals surface area contributed by atoms with Crippen LogP contribution in [0.4, 0.5) is 5.69 Å². The van der Waals surface area contributed by atoms with E-state index in [1.165, 1.54) is 29.4 Å². The van der Waals surface area contributed by atoms with E-state index in [-0.39, 0.29) is 17.4 Å². The van der Waals surface area contributed by atoms with Crippen molar-refractivity contribution in [1.82, 2.24) is 5.32 Å². The van der Waals surface area contributed by atoms with Gasteiger partial charge in [-0.05, 0) is 41.6 Å². The van der Waals surface area contributed by atoms with Crippen LogP contribution in [0.2, 0.25) is 5.02 Å². The molecule has 0 saturated carbocycles. The van der Waals surface area contributed by atoms with E-state index in [9.17, 15) is 19.7 Å². The molecule has 8 nitrogen and oxygen atoms in total. The molecule has 2 aromatic carbocycles. The van der Waals surface area contributed by atoms with Gasteiger partial charge in [0, 0.05) is 22.0 Å². The van der Waals surface area contributed by atoms with Gasteiger partial charge in [0.2, 0.25) is 18.4 Å². The average Bonchev–Trinajstić information content (AvgIpc) is 3.35. The average molecular weight is 502 g/mol. The number of hydrogen-bond acceptors (Lipinski definition) is 6. The molecule has 0 aliphatic heterocycles. The Morgan fingerprint density at radius 3 is 2.56 bits per heavy atom. The number of halogens is 1. The largest absolute Gasteiger partial charge is 0.495 e. The molecular formula is C24H24ClN3O5S. The standard InChI is InChI=1S/C24H24ClN3O5S/c1-33-20-10-9-18(16-19(20)25)28(22(29)12-14-27(31)32)23(21-8-5-15-34-21)24(30)26-13-11-17-6-3-2-4-7-17/h2-10,15-16,23H,11-14H2,1H3,(H,26,30). The molecule has 1 unspecified atom stereocenters. The first-order valence-corrected chi connectivity index (χ1v) is 11.8. The fraction of sp³-hybridized carbons (Fsp3) is 0.250. The molecule has 2 amide bonds. The monoisotopic (exact) mass is 501 g/mol. The summed E-state index contributed by atoms with van der Waals surface area (Å²) in [5.74, 6) is -0.544. The highest BCUT2D eigenvalue weighted by Crippen LogP contribution is 2.35. The number of ether oxygens (including phenoxy) is 1. The molecule has 0 radical (unpaired) electrons. The Balaban J connectivity index is 1.92. The maximum atomic E-state index is 13.4. The normalized spacial score (nSPS) is 11.5. The Morgan fingerprint density at radius 2 is 1.94 bits per heavy atom. The van der Waals surface area contributed by atoms with Crippen LogP contribution in [0, 0.1) is 10.1 Å². The second kappa shape index (κ2) is 12.2. The molecule has 0 aliphatic rings. The van der Waals surface area contributed by atoms with Crippen molar-refractivity contribution in [3.8, 4) is 5.75 Å². The molecule has 3 rings (SSSR count). The van der Waals surface area contributed by atoms with Gasteiger partial charge >= 0.3 is 0 Å². The molecule has 178 valence electrons. The van der Waals surface area contributed by atoms with Crippen molar-refractivity contribution in [2.75, 3.05) is 25.1 Å². The summed E-state index contributed by atoms with van der Waals surface area (Å²) in [5, 5.41) is 15.9. The third-order valence-corrected chi connectivity index (χ3v) is 6.29. The zero-order valence-corrected chi connectivity index (χ0v) is 20.1. The smallest absolute Gasteiger partial charge is 0.248 e. The van der Waals surface area contributed by atoms with E-state index in [4.69, 9.17) is 16.3 Å². The number of methoxy groups -OCH3 is 1. The van der Waals surface area contributed by atoms with Crippen molar-refractivity contribution in [1.29, 1.82) is 0 Å². The fourth-order valence-electron chi connectivity index (χ4n) is 3.44. The highest BCUT2D eigenvalue weighted by molar-refractivity contribution is 7.10. The van der Waals surface area contributed by atoms with Crippen molar-refractivity contribution >= 4 is 40.4 Å². The molecule has 1 atom stereocenters. The van der Waals surface area contributed by atoms with Crippen molar-refractivity contribution in [2.45, 2.75) is 18.9 Å². The molecule has 10 heteroatoms. The molecule has 34 heavy (non-hydrogen) atoms. The number of hydrogen-bond donors (Lipinski definition) is 1. The van der Waals surface area contributed by atoms with E-state index in [1.54, 1.807) is 29.6 Å². The third-order valence-electron chi connectivity index (χ3n) is 5.07. The number of thiophene rings is 1. The quantitative estimate of drug-likeness (QED) is 0.307. The van der Waals surface area contributed by atoms with E-state index >= 15 is 0 Å². The molecular weight excluding hydrogens is 478 g/mol. The molecule has 1 aromatic heterocycles. The van der Waals surface area contributed by atoms with Crippen LogP contribution >= 0.6 is 22.9 Å². The molecule has 3 aromatic rings. The van der Waals surface area contributed by atoms with Crippen LogP contribution in [0.25, 0.3) is 0 Å². The summed E-state index contributed by atoms with van der Waals surface area (Å²) < 4.78 is 5.19. The Kier molecular flexibility index (Phi) is 9.00. The van der Waals surface area contributed by atoms with Crippen LogP contribution in [0.1, 0.15) is 22.9 Å². The van der Waals surface area contributed by atoms with Gasteiger partial charge in [-0.3, -0.25) is 24.6 Å². The fourth-order valence-corrected chi connectivity index (χ4v) is 4.51. The summed E-state index contributed by atoms with van der Waals surface area (Å²) in [6.45, 7) is -0.184. The van der Waals surface area contributed by atoms with Crippen molar-refractivity contribution in [3.63, 3.8) is 0 Å². The molecule has 1 N–H and O–H groups in total. The maximum Gasteiger partial charge on any atom is 0.248 e. The van der Waals surface area contributed by atoms with E-state index in [0.29, 0.717) is 29.3 Å². The minimum absolute atomic E-state index is 0.251. The Labute approximate surface area is 206 Å². The lowest BCUT2D eigenvalue weighted by Gasteiger charge is -2.30. The molecule has 0 fully saturated rings. The summed E-state index contributed by atoms with van der Waals surface area (Å²) in [7, 11) is 1.47. The van der Waals surface area contributed by atoms with Crippen molar-refractivity contribution in [2.24, 2.45) is 0 Å². The van der Waals surface area contributed by atoms with Crippen LogP contribution in [0.15, 0.2) is 66.0 Å². The molecule has 0 spiro atoms. The van der Waals surface area contributed by atoms with Gasteiger partial charge in [0.1, 0.15) is 11.8 Å². The second-order valence-corrected chi connectivity index (χ2v) is 8.72. The first kappa shape index (κ1) is 25.2. The summed E-state index contributed by atoms with van der Waals surface area (Å²) in [5.41, 5.74) is 1.41. The number of carbonyl (C=O) groups is 2. The van der Waals surface area contributed by atoms with Gasteiger partial charge in [0.05, 0.1) is 18.6 Å². The van der Waals surface area contributed by atoms with Crippen molar-refractivity contribution in [3.05, 3.63) is 91.6 Å². The van der Waals surface area contributed by atoms with Gasteiger partial charge in [0.25, 0.3) is 0 Å². The zero-order valence-electron chi connectivity index (χ0n) is 18.5. The number of anilines is 1. The minimum Gasteiger partial charge on any atom is -0.495 e. The number of amides is 2. The third kappa shape index (κ3) is 6.55. The van der Waals surface area contributed by atoms with Crippen LogP contribution in [0.5, 0.6) is 5.75 Å². The van der Waals surface area contributed by atoms with Gasteiger partial charge in [-0.2, -0.15) is 0 Å².